The van der Waals surface area contributed by atoms with Crippen molar-refractivity contribution in [3.05, 3.63) is 28.9 Å². The Bertz CT molecular complexity index is 889. The van der Waals surface area contributed by atoms with E-state index in [-0.39, 0.29) is 10.1 Å². The van der Waals surface area contributed by atoms with Crippen molar-refractivity contribution < 1.29 is 17.9 Å². The molecule has 0 saturated heterocycles. The predicted octanol–water partition coefficient (Wildman–Crippen LogP) is 2.28. The average Bonchev–Trinajstić information content (AvgIpc) is 2.80. The Morgan fingerprint density at radius 3 is 2.74 bits per heavy atom. The van der Waals surface area contributed by atoms with Crippen molar-refractivity contribution in [2.24, 2.45) is 0 Å². The maximum Gasteiger partial charge on any atom is 0.273 e. The Morgan fingerprint density at radius 1 is 1.35 bits per heavy atom. The first-order chi connectivity index (χ1) is 10.8. The minimum absolute atomic E-state index is 0.182. The molecule has 3 rings (SSSR count). The monoisotopic (exact) mass is 353 g/mol. The summed E-state index contributed by atoms with van der Waals surface area (Å²) in [6, 6.07) is 4.73. The Kier molecular flexibility index (Phi) is 3.77. The minimum atomic E-state index is -3.72. The minimum Gasteiger partial charge on any atom is -0.479 e. The van der Waals surface area contributed by atoms with Gasteiger partial charge in [-0.15, -0.1) is 11.3 Å². The molecule has 1 aliphatic heterocycles. The first kappa shape index (κ1) is 15.8. The molecule has 2 aromatic rings. The van der Waals surface area contributed by atoms with Crippen LogP contribution in [0.15, 0.2) is 22.4 Å². The van der Waals surface area contributed by atoms with Crippen LogP contribution in [0.1, 0.15) is 17.6 Å². The molecule has 2 N–H and O–H groups in total. The van der Waals surface area contributed by atoms with E-state index in [4.69, 9.17) is 4.74 Å². The second-order valence-corrected chi connectivity index (χ2v) is 8.25. The summed E-state index contributed by atoms with van der Waals surface area (Å²) in [5.74, 6) is 0.233. The molecule has 0 saturated carbocycles. The molecule has 0 aliphatic carbocycles. The molecule has 1 aliphatic rings. The van der Waals surface area contributed by atoms with E-state index in [9.17, 15) is 13.2 Å². The fourth-order valence-electron chi connectivity index (χ4n) is 2.24. The van der Waals surface area contributed by atoms with Crippen LogP contribution in [0.5, 0.6) is 5.75 Å². The highest BCUT2D eigenvalue weighted by Gasteiger charge is 2.25. The molecular weight excluding hydrogens is 338 g/mol. The number of ether oxygens (including phenoxy) is 1. The average molecular weight is 353 g/mol. The SMILES string of the molecule is Cc1nc(C)c(S(=O)(=O)Nc2ccc3c(c2)NC(=O)C(C)O3)s1. The Morgan fingerprint density at radius 2 is 2.09 bits per heavy atom. The quantitative estimate of drug-likeness (QED) is 0.882. The van der Waals surface area contributed by atoms with Gasteiger partial charge in [0.15, 0.2) is 10.3 Å². The van der Waals surface area contributed by atoms with Gasteiger partial charge in [-0.25, -0.2) is 13.4 Å². The summed E-state index contributed by atoms with van der Waals surface area (Å²) in [6.07, 6.45) is -0.576. The van der Waals surface area contributed by atoms with E-state index in [1.54, 1.807) is 32.9 Å². The summed E-state index contributed by atoms with van der Waals surface area (Å²) < 4.78 is 33.0. The topological polar surface area (TPSA) is 97.4 Å². The van der Waals surface area contributed by atoms with E-state index in [2.05, 4.69) is 15.0 Å². The van der Waals surface area contributed by atoms with E-state index < -0.39 is 16.1 Å². The molecule has 1 aromatic heterocycles. The van der Waals surface area contributed by atoms with Gasteiger partial charge in [0.25, 0.3) is 15.9 Å². The number of thiazole rings is 1. The van der Waals surface area contributed by atoms with E-state index >= 15 is 0 Å². The van der Waals surface area contributed by atoms with Gasteiger partial charge in [-0.2, -0.15) is 0 Å². The van der Waals surface area contributed by atoms with Crippen LogP contribution in [0.2, 0.25) is 0 Å². The van der Waals surface area contributed by atoms with Crippen molar-refractivity contribution in [3.8, 4) is 5.75 Å². The van der Waals surface area contributed by atoms with Crippen molar-refractivity contribution >= 4 is 38.6 Å². The fraction of sp³-hybridized carbons (Fsp3) is 0.286. The largest absolute Gasteiger partial charge is 0.479 e. The van der Waals surface area contributed by atoms with Gasteiger partial charge in [0, 0.05) is 0 Å². The van der Waals surface area contributed by atoms with E-state index in [0.29, 0.717) is 27.8 Å². The van der Waals surface area contributed by atoms with Crippen LogP contribution in [-0.4, -0.2) is 25.4 Å². The van der Waals surface area contributed by atoms with Gasteiger partial charge < -0.3 is 10.1 Å². The first-order valence-corrected chi connectivity index (χ1v) is 9.14. The smallest absolute Gasteiger partial charge is 0.273 e. The fourth-order valence-corrected chi connectivity index (χ4v) is 4.77. The van der Waals surface area contributed by atoms with E-state index in [1.807, 2.05) is 0 Å². The molecule has 0 radical (unpaired) electrons. The normalized spacial score (nSPS) is 17.2. The maximum absolute atomic E-state index is 12.5. The number of benzene rings is 1. The number of nitrogens with zero attached hydrogens (tertiary/aromatic N) is 1. The number of rotatable bonds is 3. The summed E-state index contributed by atoms with van der Waals surface area (Å²) in [4.78, 5) is 15.8. The predicted molar refractivity (Wildman–Crippen MR) is 87.6 cm³/mol. The van der Waals surface area contributed by atoms with Crippen LogP contribution in [0, 0.1) is 13.8 Å². The summed E-state index contributed by atoms with van der Waals surface area (Å²) >= 11 is 1.11. The number of carbonyl (C=O) groups excluding carboxylic acids is 1. The van der Waals surface area contributed by atoms with Crippen molar-refractivity contribution in [2.75, 3.05) is 10.0 Å². The van der Waals surface area contributed by atoms with Crippen molar-refractivity contribution in [1.82, 2.24) is 4.98 Å². The number of aryl methyl sites for hydroxylation is 2. The van der Waals surface area contributed by atoms with Gasteiger partial charge in [-0.1, -0.05) is 0 Å². The second-order valence-electron chi connectivity index (χ2n) is 5.17. The number of nitrogens with one attached hydrogen (secondary N) is 2. The van der Waals surface area contributed by atoms with Crippen LogP contribution in [0.4, 0.5) is 11.4 Å². The van der Waals surface area contributed by atoms with Crippen LogP contribution in [0.3, 0.4) is 0 Å². The molecule has 2 heterocycles. The van der Waals surface area contributed by atoms with Crippen LogP contribution < -0.4 is 14.8 Å². The highest BCUT2D eigenvalue weighted by molar-refractivity contribution is 7.94. The zero-order valence-corrected chi connectivity index (χ0v) is 14.3. The van der Waals surface area contributed by atoms with E-state index in [0.717, 1.165) is 11.3 Å². The molecular formula is C14H15N3O4S2. The number of amides is 1. The molecule has 1 atom stereocenters. The van der Waals surface area contributed by atoms with Crippen molar-refractivity contribution in [3.63, 3.8) is 0 Å². The van der Waals surface area contributed by atoms with Crippen molar-refractivity contribution in [2.45, 2.75) is 31.1 Å². The molecule has 0 fully saturated rings. The third-order valence-corrected chi connectivity index (χ3v) is 6.33. The summed E-state index contributed by atoms with van der Waals surface area (Å²) in [5, 5.41) is 3.37. The molecule has 1 amide bonds. The standard InChI is InChI=1S/C14H15N3O4S2/c1-7-14(22-9(3)15-7)23(19,20)17-10-4-5-12-11(6-10)16-13(18)8(2)21-12/h4-6,8,17H,1-3H3,(H,16,18). The Hall–Kier alpha value is -2.13. The lowest BCUT2D eigenvalue weighted by Gasteiger charge is -2.23. The summed E-state index contributed by atoms with van der Waals surface area (Å²) in [5.41, 5.74) is 1.24. The lowest BCUT2D eigenvalue weighted by molar-refractivity contribution is -0.122. The van der Waals surface area contributed by atoms with Gasteiger partial charge >= 0.3 is 0 Å². The Labute approximate surface area is 137 Å². The number of sulfonamides is 1. The molecule has 122 valence electrons. The molecule has 7 nitrogen and oxygen atoms in total. The third kappa shape index (κ3) is 3.02. The number of hydrogen-bond donors (Lipinski definition) is 2. The van der Waals surface area contributed by atoms with E-state index in [1.165, 1.54) is 6.07 Å². The van der Waals surface area contributed by atoms with Gasteiger partial charge in [-0.3, -0.25) is 9.52 Å². The van der Waals surface area contributed by atoms with Crippen molar-refractivity contribution in [1.29, 1.82) is 0 Å². The number of anilines is 2. The molecule has 23 heavy (non-hydrogen) atoms. The number of carbonyl (C=O) groups is 1. The summed E-state index contributed by atoms with van der Waals surface area (Å²) in [6.45, 7) is 5.05. The Balaban J connectivity index is 1.91. The second kappa shape index (κ2) is 5.50. The van der Waals surface area contributed by atoms with Crippen LogP contribution in [0.25, 0.3) is 0 Å². The molecule has 1 unspecified atom stereocenters. The zero-order chi connectivity index (χ0) is 16.8. The number of fused-ring (bicyclic) bond motifs is 1. The highest BCUT2D eigenvalue weighted by atomic mass is 32.2. The lowest BCUT2D eigenvalue weighted by atomic mass is 10.2. The lowest BCUT2D eigenvalue weighted by Crippen LogP contribution is -2.34. The maximum atomic E-state index is 12.5. The van der Waals surface area contributed by atoms with Gasteiger partial charge in [0.05, 0.1) is 22.1 Å². The molecule has 0 spiro atoms. The molecule has 9 heteroatoms. The summed E-state index contributed by atoms with van der Waals surface area (Å²) in [7, 11) is -3.72. The van der Waals surface area contributed by atoms with Gasteiger partial charge in [0.2, 0.25) is 0 Å². The molecule has 1 aromatic carbocycles. The van der Waals surface area contributed by atoms with Crippen LogP contribution in [-0.2, 0) is 14.8 Å². The first-order valence-electron chi connectivity index (χ1n) is 6.85. The highest BCUT2D eigenvalue weighted by Crippen LogP contribution is 2.33. The van der Waals surface area contributed by atoms with Crippen LogP contribution >= 0.6 is 11.3 Å². The number of aromatic nitrogens is 1. The number of hydrogen-bond acceptors (Lipinski definition) is 6. The molecule has 0 bridgehead atoms. The zero-order valence-electron chi connectivity index (χ0n) is 12.7. The van der Waals surface area contributed by atoms with Gasteiger partial charge in [-0.05, 0) is 39.0 Å². The third-order valence-electron chi connectivity index (χ3n) is 3.27. The van der Waals surface area contributed by atoms with Gasteiger partial charge in [0.1, 0.15) is 5.75 Å².